The summed E-state index contributed by atoms with van der Waals surface area (Å²) >= 11 is 0. The van der Waals surface area contributed by atoms with Crippen LogP contribution in [-0.2, 0) is 0 Å². The van der Waals surface area contributed by atoms with Crippen molar-refractivity contribution in [3.8, 4) is 0 Å². The summed E-state index contributed by atoms with van der Waals surface area (Å²) in [7, 11) is 0.723. The molecule has 0 unspecified atom stereocenters. The van der Waals surface area contributed by atoms with Crippen molar-refractivity contribution in [2.75, 3.05) is 28.2 Å². The molecule has 0 saturated carbocycles. The molecule has 5 nitrogen and oxygen atoms in total. The van der Waals surface area contributed by atoms with Crippen molar-refractivity contribution in [3.05, 3.63) is 121 Å². The summed E-state index contributed by atoms with van der Waals surface area (Å²) in [5.41, 5.74) is 0. The Balaban J connectivity index is 2.09. The molecule has 0 aromatic heterocycles. The van der Waals surface area contributed by atoms with Crippen LogP contribution in [-0.4, -0.2) is 37.5 Å². The van der Waals surface area contributed by atoms with E-state index in [1.54, 1.807) is 0 Å². The molecule has 8 heteroatoms. The van der Waals surface area contributed by atoms with Crippen LogP contribution >= 0.6 is 21.9 Å². The molecule has 5 rings (SSSR count). The summed E-state index contributed by atoms with van der Waals surface area (Å²) in [6.45, 7) is 0. The van der Waals surface area contributed by atoms with Gasteiger partial charge in [-0.3, -0.25) is 0 Å². The first-order valence-corrected chi connectivity index (χ1v) is 16.9. The molecule has 0 fully saturated rings. The molecule has 0 amide bonds. The van der Waals surface area contributed by atoms with Crippen molar-refractivity contribution in [1.29, 1.82) is 0 Å². The molecule has 4 aromatic carbocycles. The Hall–Kier alpha value is -2.51. The van der Waals surface area contributed by atoms with Crippen molar-refractivity contribution >= 4 is 43.1 Å². The van der Waals surface area contributed by atoms with E-state index >= 15 is 0 Å². The standard InChI is InChI=1S/C28H32N5P3/c1-32(2)36(33(3)4)30-34(25-17-9-5-10-18-25,26-19-11-6-12-20-26)29-35(31-36,27-21-13-7-14-22-27)28-23-15-8-16-24-28/h5-24H,1-4H3. The third-order valence-corrected chi connectivity index (χ3v) is 18.6. The Bertz CT molecular complexity index is 1320. The van der Waals surface area contributed by atoms with Gasteiger partial charge in [0.1, 0.15) is 14.4 Å². The quantitative estimate of drug-likeness (QED) is 0.263. The van der Waals surface area contributed by atoms with Crippen molar-refractivity contribution < 1.29 is 0 Å². The first kappa shape index (κ1) is 25.2. The topological polar surface area (TPSA) is 43.6 Å². The zero-order chi connectivity index (χ0) is 25.2. The van der Waals surface area contributed by atoms with Crippen LogP contribution in [0.3, 0.4) is 0 Å². The van der Waals surface area contributed by atoms with E-state index in [1.807, 2.05) is 0 Å². The summed E-state index contributed by atoms with van der Waals surface area (Å²) in [5, 5.41) is 4.65. The first-order valence-electron chi connectivity index (χ1n) is 11.9. The number of rotatable bonds is 6. The molecule has 1 aliphatic heterocycles. The Morgan fingerprint density at radius 2 is 0.667 bits per heavy atom. The number of benzene rings is 4. The van der Waals surface area contributed by atoms with Crippen LogP contribution in [0.5, 0.6) is 0 Å². The molecule has 0 atom stereocenters. The fourth-order valence-electron chi connectivity index (χ4n) is 4.52. The highest BCUT2D eigenvalue weighted by Crippen LogP contribution is 2.77. The van der Waals surface area contributed by atoms with E-state index in [4.69, 9.17) is 13.5 Å². The van der Waals surface area contributed by atoms with E-state index < -0.39 is 21.9 Å². The monoisotopic (exact) mass is 531 g/mol. The van der Waals surface area contributed by atoms with E-state index in [9.17, 15) is 0 Å². The van der Waals surface area contributed by atoms with Crippen molar-refractivity contribution in [1.82, 2.24) is 9.34 Å². The van der Waals surface area contributed by atoms with E-state index in [0.717, 1.165) is 21.2 Å². The molecule has 36 heavy (non-hydrogen) atoms. The van der Waals surface area contributed by atoms with E-state index in [2.05, 4.69) is 159 Å². The average Bonchev–Trinajstić information content (AvgIpc) is 2.94. The lowest BCUT2D eigenvalue weighted by Gasteiger charge is -2.42. The maximum Gasteiger partial charge on any atom is 0.217 e. The predicted molar refractivity (Wildman–Crippen MR) is 160 cm³/mol. The van der Waals surface area contributed by atoms with E-state index in [1.165, 1.54) is 0 Å². The lowest BCUT2D eigenvalue weighted by atomic mass is 10.4. The fourth-order valence-corrected chi connectivity index (χ4v) is 19.7. The van der Waals surface area contributed by atoms with Crippen LogP contribution in [0.2, 0.25) is 0 Å². The maximum atomic E-state index is 5.95. The van der Waals surface area contributed by atoms with Gasteiger partial charge in [-0.15, -0.1) is 0 Å². The van der Waals surface area contributed by atoms with Gasteiger partial charge in [-0.05, 0) is 28.2 Å². The first-order chi connectivity index (χ1) is 17.4. The summed E-state index contributed by atoms with van der Waals surface area (Å²) in [6.07, 6.45) is 0. The molecule has 4 aromatic rings. The Morgan fingerprint density at radius 3 is 0.944 bits per heavy atom. The molecule has 0 saturated heterocycles. The highest BCUT2D eigenvalue weighted by Gasteiger charge is 2.42. The average molecular weight is 532 g/mol. The van der Waals surface area contributed by atoms with Crippen molar-refractivity contribution in [3.63, 3.8) is 0 Å². The molecule has 0 bridgehead atoms. The molecule has 0 radical (unpaired) electrons. The summed E-state index contributed by atoms with van der Waals surface area (Å²) in [5.74, 6) is 0. The predicted octanol–water partition coefficient (Wildman–Crippen LogP) is 6.60. The van der Waals surface area contributed by atoms with Crippen LogP contribution in [0.25, 0.3) is 0 Å². The van der Waals surface area contributed by atoms with Gasteiger partial charge >= 0.3 is 0 Å². The minimum atomic E-state index is -2.61. The van der Waals surface area contributed by atoms with Crippen LogP contribution in [0, 0.1) is 0 Å². The molecular weight excluding hydrogens is 499 g/mol. The molecule has 1 heterocycles. The molecule has 1 aliphatic rings. The van der Waals surface area contributed by atoms with Gasteiger partial charge in [-0.25, -0.2) is 22.9 Å². The van der Waals surface area contributed by atoms with E-state index in [-0.39, 0.29) is 0 Å². The van der Waals surface area contributed by atoms with Gasteiger partial charge in [-0.1, -0.05) is 121 Å². The van der Waals surface area contributed by atoms with E-state index in [0.29, 0.717) is 0 Å². The van der Waals surface area contributed by atoms with Crippen molar-refractivity contribution in [2.45, 2.75) is 0 Å². The highest BCUT2D eigenvalue weighted by atomic mass is 31.3. The zero-order valence-electron chi connectivity index (χ0n) is 21.1. The Kier molecular flexibility index (Phi) is 7.05. The van der Waals surface area contributed by atoms with Crippen LogP contribution in [0.15, 0.2) is 135 Å². The van der Waals surface area contributed by atoms with Crippen LogP contribution < -0.4 is 21.2 Å². The van der Waals surface area contributed by atoms with Gasteiger partial charge in [0.2, 0.25) is 7.51 Å². The van der Waals surface area contributed by atoms with Gasteiger partial charge in [-0.2, -0.15) is 0 Å². The SMILES string of the molecule is CN(C)P1(N(C)C)=NP(c2ccccc2)(c2ccccc2)=NP(c2ccccc2)(c2ccccc2)=N1. The van der Waals surface area contributed by atoms with Gasteiger partial charge in [0.15, 0.2) is 0 Å². The minimum Gasteiger partial charge on any atom is -0.246 e. The fraction of sp³-hybridized carbons (Fsp3) is 0.143. The number of hydrogen-bond donors (Lipinski definition) is 0. The molecule has 184 valence electrons. The van der Waals surface area contributed by atoms with Crippen LogP contribution in [0.1, 0.15) is 0 Å². The van der Waals surface area contributed by atoms with Gasteiger partial charge in [0.25, 0.3) is 0 Å². The molecular formula is C28H32N5P3. The highest BCUT2D eigenvalue weighted by molar-refractivity contribution is 7.96. The van der Waals surface area contributed by atoms with Crippen LogP contribution in [0.4, 0.5) is 0 Å². The smallest absolute Gasteiger partial charge is 0.217 e. The lowest BCUT2D eigenvalue weighted by molar-refractivity contribution is 0.563. The zero-order valence-corrected chi connectivity index (χ0v) is 23.8. The second-order valence-corrected chi connectivity index (χ2v) is 18.3. The number of nitrogens with zero attached hydrogens (tertiary/aromatic N) is 5. The third-order valence-electron chi connectivity index (χ3n) is 6.30. The maximum absolute atomic E-state index is 5.95. The lowest BCUT2D eigenvalue weighted by Crippen LogP contribution is -2.26. The Morgan fingerprint density at radius 1 is 0.389 bits per heavy atom. The number of hydrogen-bond acceptors (Lipinski definition) is 5. The van der Waals surface area contributed by atoms with Gasteiger partial charge in [0, 0.05) is 21.2 Å². The summed E-state index contributed by atoms with van der Waals surface area (Å²) < 4.78 is 22.0. The third kappa shape index (κ3) is 4.20. The van der Waals surface area contributed by atoms with Gasteiger partial charge < -0.3 is 0 Å². The summed E-state index contributed by atoms with van der Waals surface area (Å²) in [6, 6.07) is 42.7. The Labute approximate surface area is 215 Å². The molecule has 0 spiro atoms. The minimum absolute atomic E-state index is 1.16. The second kappa shape index (κ2) is 10.1. The summed E-state index contributed by atoms with van der Waals surface area (Å²) in [4.78, 5) is 0. The molecule has 0 N–H and O–H groups in total. The normalized spacial score (nSPS) is 17.6. The largest absolute Gasteiger partial charge is 0.246 e. The second-order valence-electron chi connectivity index (χ2n) is 9.04. The van der Waals surface area contributed by atoms with Crippen molar-refractivity contribution in [2.24, 2.45) is 13.5 Å². The van der Waals surface area contributed by atoms with Gasteiger partial charge in [0.05, 0.1) is 0 Å². The molecule has 0 aliphatic carbocycles.